The third-order valence-electron chi connectivity index (χ3n) is 3.84. The summed E-state index contributed by atoms with van der Waals surface area (Å²) in [4.78, 5) is 38.6. The zero-order valence-corrected chi connectivity index (χ0v) is 15.5. The Bertz CT molecular complexity index is 937. The van der Waals surface area contributed by atoms with E-state index in [1.165, 1.54) is 29.2 Å². The number of ether oxygens (including phenoxy) is 1. The number of rotatable bonds is 7. The second-order valence-corrected chi connectivity index (χ2v) is 5.98. The van der Waals surface area contributed by atoms with Crippen LogP contribution in [0.1, 0.15) is 5.56 Å². The molecule has 9 nitrogen and oxygen atoms in total. The number of non-ortho nitro benzene ring substituents is 1. The largest absolute Gasteiger partial charge is 0.463 e. The SMILES string of the molecule is COC(=O)C(=[N+]=[N-])C(=O)N(CCc1ccc(Cl)cc1)c1ccc([N+](=O)[O-])cc1. The van der Waals surface area contributed by atoms with Gasteiger partial charge in [-0.15, -0.1) is 0 Å². The molecule has 10 heteroatoms. The van der Waals surface area contributed by atoms with Gasteiger partial charge in [0.15, 0.2) is 0 Å². The van der Waals surface area contributed by atoms with Crippen molar-refractivity contribution in [3.63, 3.8) is 0 Å². The van der Waals surface area contributed by atoms with Crippen molar-refractivity contribution in [3.05, 3.63) is 74.8 Å². The predicted molar refractivity (Wildman–Crippen MR) is 101 cm³/mol. The average Bonchev–Trinajstić information content (AvgIpc) is 2.70. The summed E-state index contributed by atoms with van der Waals surface area (Å²) in [6.07, 6.45) is 0.389. The lowest BCUT2D eigenvalue weighted by Gasteiger charge is -2.20. The Labute approximate surface area is 164 Å². The lowest BCUT2D eigenvalue weighted by atomic mass is 10.1. The van der Waals surface area contributed by atoms with E-state index in [2.05, 4.69) is 9.53 Å². The molecule has 0 fully saturated rings. The maximum absolute atomic E-state index is 12.7. The minimum Gasteiger partial charge on any atom is -0.460 e. The van der Waals surface area contributed by atoms with E-state index < -0.39 is 22.5 Å². The molecule has 2 aromatic rings. The van der Waals surface area contributed by atoms with Crippen molar-refractivity contribution < 1.29 is 24.0 Å². The lowest BCUT2D eigenvalue weighted by molar-refractivity contribution is -0.384. The number of carbonyl (C=O) groups is 2. The van der Waals surface area contributed by atoms with Crippen molar-refractivity contribution in [1.82, 2.24) is 0 Å². The Morgan fingerprint density at radius 1 is 1.18 bits per heavy atom. The van der Waals surface area contributed by atoms with E-state index in [4.69, 9.17) is 17.1 Å². The van der Waals surface area contributed by atoms with Gasteiger partial charge in [0.2, 0.25) is 0 Å². The molecule has 144 valence electrons. The van der Waals surface area contributed by atoms with Gasteiger partial charge in [0.1, 0.15) is 0 Å². The Morgan fingerprint density at radius 2 is 1.79 bits per heavy atom. The molecule has 1 amide bonds. The van der Waals surface area contributed by atoms with Gasteiger partial charge in [-0.3, -0.25) is 14.9 Å². The van der Waals surface area contributed by atoms with Gasteiger partial charge < -0.3 is 15.2 Å². The Balaban J connectivity index is 2.34. The molecule has 0 bridgehead atoms. The summed E-state index contributed by atoms with van der Waals surface area (Å²) in [5.74, 6) is -2.01. The van der Waals surface area contributed by atoms with Crippen LogP contribution in [0.15, 0.2) is 48.5 Å². The van der Waals surface area contributed by atoms with Gasteiger partial charge in [-0.25, -0.2) is 4.79 Å². The summed E-state index contributed by atoms with van der Waals surface area (Å²) in [5.41, 5.74) is 9.25. The third-order valence-corrected chi connectivity index (χ3v) is 4.09. The van der Waals surface area contributed by atoms with Gasteiger partial charge in [-0.05, 0) is 36.2 Å². The van der Waals surface area contributed by atoms with Gasteiger partial charge in [0.25, 0.3) is 5.69 Å². The van der Waals surface area contributed by atoms with E-state index in [-0.39, 0.29) is 17.9 Å². The Kier molecular flexibility index (Phi) is 6.97. The second-order valence-electron chi connectivity index (χ2n) is 5.55. The van der Waals surface area contributed by atoms with Gasteiger partial charge in [0, 0.05) is 29.4 Å². The number of hydrogen-bond donors (Lipinski definition) is 0. The fourth-order valence-electron chi connectivity index (χ4n) is 2.39. The first kappa shape index (κ1) is 20.8. The minimum absolute atomic E-state index is 0.105. The summed E-state index contributed by atoms with van der Waals surface area (Å²) in [5, 5.41) is 11.4. The highest BCUT2D eigenvalue weighted by atomic mass is 35.5. The quantitative estimate of drug-likeness (QED) is 0.134. The highest BCUT2D eigenvalue weighted by Gasteiger charge is 2.35. The van der Waals surface area contributed by atoms with Crippen LogP contribution in [0.25, 0.3) is 5.53 Å². The molecule has 0 radical (unpaired) electrons. The van der Waals surface area contributed by atoms with E-state index in [9.17, 15) is 19.7 Å². The van der Waals surface area contributed by atoms with Gasteiger partial charge in [0.05, 0.1) is 12.0 Å². The monoisotopic (exact) mass is 402 g/mol. The Morgan fingerprint density at radius 3 is 2.29 bits per heavy atom. The average molecular weight is 403 g/mol. The first-order chi connectivity index (χ1) is 13.4. The molecule has 0 atom stereocenters. The standard InChI is InChI=1S/C18H15ClN4O5/c1-28-18(25)16(21-20)17(24)22(11-10-12-2-4-13(19)5-3-12)14-6-8-15(9-7-14)23(26)27/h2-9H,10-11H2,1H3. The van der Waals surface area contributed by atoms with Gasteiger partial charge in [-0.1, -0.05) is 23.7 Å². The fourth-order valence-corrected chi connectivity index (χ4v) is 2.52. The molecule has 0 saturated carbocycles. The fraction of sp³-hybridized carbons (Fsp3) is 0.167. The van der Waals surface area contributed by atoms with Crippen LogP contribution in [0, 0.1) is 10.1 Å². The number of amides is 1. The molecule has 0 aliphatic heterocycles. The molecule has 0 aliphatic carbocycles. The number of nitro groups is 1. The number of nitro benzene ring substituents is 1. The molecule has 0 aliphatic rings. The van der Waals surface area contributed by atoms with Crippen LogP contribution in [0.4, 0.5) is 11.4 Å². The molecule has 0 saturated heterocycles. The molecular formula is C18H15ClN4O5. The van der Waals surface area contributed by atoms with Crippen molar-refractivity contribution in [1.29, 1.82) is 0 Å². The van der Waals surface area contributed by atoms with Crippen LogP contribution in [0.5, 0.6) is 0 Å². The van der Waals surface area contributed by atoms with Crippen molar-refractivity contribution in [2.75, 3.05) is 18.6 Å². The van der Waals surface area contributed by atoms with Crippen LogP contribution in [0.2, 0.25) is 5.02 Å². The summed E-state index contributed by atoms with van der Waals surface area (Å²) >= 11 is 5.86. The molecule has 2 rings (SSSR count). The highest BCUT2D eigenvalue weighted by molar-refractivity contribution is 6.64. The number of methoxy groups -OCH3 is 1. The van der Waals surface area contributed by atoms with Crippen LogP contribution >= 0.6 is 11.6 Å². The van der Waals surface area contributed by atoms with Crippen molar-refractivity contribution in [2.24, 2.45) is 0 Å². The summed E-state index contributed by atoms with van der Waals surface area (Å²) in [6.45, 7) is 0.105. The maximum atomic E-state index is 12.7. The van der Waals surface area contributed by atoms with E-state index >= 15 is 0 Å². The number of esters is 1. The first-order valence-corrected chi connectivity index (χ1v) is 8.36. The minimum atomic E-state index is -1.11. The van der Waals surface area contributed by atoms with Crippen molar-refractivity contribution in [3.8, 4) is 0 Å². The van der Waals surface area contributed by atoms with E-state index in [0.29, 0.717) is 11.4 Å². The molecule has 0 aromatic heterocycles. The molecule has 0 unspecified atom stereocenters. The van der Waals surface area contributed by atoms with E-state index in [1.54, 1.807) is 24.3 Å². The number of halogens is 1. The van der Waals surface area contributed by atoms with Gasteiger partial charge in [-0.2, -0.15) is 4.79 Å². The highest BCUT2D eigenvalue weighted by Crippen LogP contribution is 2.21. The number of hydrogen-bond acceptors (Lipinski definition) is 5. The zero-order valence-electron chi connectivity index (χ0n) is 14.7. The van der Waals surface area contributed by atoms with E-state index in [1.807, 2.05) is 0 Å². The molecule has 28 heavy (non-hydrogen) atoms. The number of anilines is 1. The molecule has 0 heterocycles. The number of benzene rings is 2. The van der Waals surface area contributed by atoms with Crippen LogP contribution < -0.4 is 4.90 Å². The lowest BCUT2D eigenvalue weighted by Crippen LogP contribution is -2.42. The summed E-state index contributed by atoms with van der Waals surface area (Å²) in [6, 6.07) is 12.1. The van der Waals surface area contributed by atoms with E-state index in [0.717, 1.165) is 12.7 Å². The van der Waals surface area contributed by atoms with Crippen LogP contribution in [-0.4, -0.2) is 41.0 Å². The smallest absolute Gasteiger partial charge is 0.460 e. The van der Waals surface area contributed by atoms with Crippen molar-refractivity contribution >= 4 is 40.6 Å². The molecule has 0 spiro atoms. The number of nitrogens with zero attached hydrogens (tertiary/aromatic N) is 4. The summed E-state index contributed by atoms with van der Waals surface area (Å²) < 4.78 is 4.46. The zero-order chi connectivity index (χ0) is 20.7. The van der Waals surface area contributed by atoms with Crippen LogP contribution in [-0.2, 0) is 20.7 Å². The topological polar surface area (TPSA) is 126 Å². The Hall–Kier alpha value is -3.55. The molecular weight excluding hydrogens is 388 g/mol. The van der Waals surface area contributed by atoms with Crippen molar-refractivity contribution in [2.45, 2.75) is 6.42 Å². The molecule has 2 aromatic carbocycles. The molecule has 0 N–H and O–H groups in total. The van der Waals surface area contributed by atoms with Crippen LogP contribution in [0.3, 0.4) is 0 Å². The maximum Gasteiger partial charge on any atom is 0.463 e. The first-order valence-electron chi connectivity index (χ1n) is 7.98. The predicted octanol–water partition coefficient (Wildman–Crippen LogP) is 2.67. The third kappa shape index (κ3) is 5.00. The number of carbonyl (C=O) groups excluding carboxylic acids is 2. The van der Waals surface area contributed by atoms with Gasteiger partial charge >= 0.3 is 17.6 Å². The normalized spacial score (nSPS) is 9.93. The second kappa shape index (κ2) is 9.40. The summed E-state index contributed by atoms with van der Waals surface area (Å²) in [7, 11) is 1.05.